The van der Waals surface area contributed by atoms with Crippen molar-refractivity contribution in [3.8, 4) is 11.5 Å². The average Bonchev–Trinajstić information content (AvgIpc) is 3.24. The van der Waals surface area contributed by atoms with Gasteiger partial charge in [-0.3, -0.25) is 0 Å². The Kier molecular flexibility index (Phi) is 19.1. The first-order chi connectivity index (χ1) is 27.5. The molecule has 5 rings (SSSR count). The number of carbonyl (C=O) groups excluding carboxylic acids is 2. The third kappa shape index (κ3) is 15.3. The maximum absolute atomic E-state index is 13.3. The van der Waals surface area contributed by atoms with Crippen LogP contribution in [0.2, 0.25) is 0 Å². The van der Waals surface area contributed by atoms with Crippen LogP contribution in [0.5, 0.6) is 11.5 Å². The lowest BCUT2D eigenvalue weighted by Crippen LogP contribution is -2.19. The van der Waals surface area contributed by atoms with Crippen molar-refractivity contribution >= 4 is 11.9 Å². The van der Waals surface area contributed by atoms with Gasteiger partial charge in [0.25, 0.3) is 0 Å². The van der Waals surface area contributed by atoms with E-state index in [1.165, 1.54) is 116 Å². The highest BCUT2D eigenvalue weighted by Crippen LogP contribution is 2.35. The Bertz CT molecular complexity index is 1500. The fourth-order valence-electron chi connectivity index (χ4n) is 8.78. The molecule has 0 aliphatic heterocycles. The first-order valence-corrected chi connectivity index (χ1v) is 22.4. The number of benzene rings is 3. The van der Waals surface area contributed by atoms with E-state index in [-0.39, 0.29) is 6.61 Å². The van der Waals surface area contributed by atoms with Crippen LogP contribution in [0, 0.1) is 23.7 Å². The molecule has 0 aromatic heterocycles. The number of hydrogen-bond acceptors (Lipinski definition) is 6. The lowest BCUT2D eigenvalue weighted by atomic mass is 9.78. The first kappa shape index (κ1) is 43.3. The molecule has 0 spiro atoms. The minimum Gasteiger partial charge on any atom is -0.494 e. The number of unbranched alkanes of at least 4 members (excludes halogenated alkanes) is 4. The largest absolute Gasteiger partial charge is 0.494 e. The highest BCUT2D eigenvalue weighted by molar-refractivity contribution is 5.90. The second kappa shape index (κ2) is 24.8. The van der Waals surface area contributed by atoms with E-state index in [4.69, 9.17) is 18.9 Å². The molecule has 0 radical (unpaired) electrons. The smallest absolute Gasteiger partial charge is 0.338 e. The van der Waals surface area contributed by atoms with Gasteiger partial charge in [0.05, 0.1) is 24.3 Å². The summed E-state index contributed by atoms with van der Waals surface area (Å²) < 4.78 is 23.6. The van der Waals surface area contributed by atoms with Gasteiger partial charge in [-0.25, -0.2) is 9.59 Å². The molecule has 2 aliphatic rings. The van der Waals surface area contributed by atoms with Gasteiger partial charge in [-0.15, -0.1) is 0 Å². The highest BCUT2D eigenvalue weighted by atomic mass is 16.6. The molecule has 2 fully saturated rings. The van der Waals surface area contributed by atoms with Gasteiger partial charge in [-0.1, -0.05) is 147 Å². The number of ether oxygens (including phenoxy) is 4. The number of hydrogen-bond donors (Lipinski definition) is 0. The quantitative estimate of drug-likeness (QED) is 0.0668. The summed E-state index contributed by atoms with van der Waals surface area (Å²) >= 11 is 0. The van der Waals surface area contributed by atoms with E-state index >= 15 is 0 Å². The van der Waals surface area contributed by atoms with Crippen LogP contribution in [0.15, 0.2) is 78.9 Å². The summed E-state index contributed by atoms with van der Waals surface area (Å²) in [5.74, 6) is 4.08. The molecule has 0 N–H and O–H groups in total. The SMILES string of the molecule is CCCCC[C@H]1CC[C@H](CCCOc2ccc(C(=O)OC[C@H](OC(=O)c3ccc(OCCC[C@H]4CC[C@H](CCCCC)CC4)cc3)c3ccccc3)cc2)CC1. The van der Waals surface area contributed by atoms with Crippen LogP contribution in [-0.4, -0.2) is 31.8 Å². The zero-order valence-corrected chi connectivity index (χ0v) is 34.6. The lowest BCUT2D eigenvalue weighted by molar-refractivity contribution is -0.00134. The van der Waals surface area contributed by atoms with Crippen LogP contribution in [0.1, 0.15) is 175 Å². The molecule has 56 heavy (non-hydrogen) atoms. The minimum absolute atomic E-state index is 0.102. The van der Waals surface area contributed by atoms with Gasteiger partial charge in [0, 0.05) is 0 Å². The van der Waals surface area contributed by atoms with Gasteiger partial charge in [0.2, 0.25) is 0 Å². The number of rotatable bonds is 24. The van der Waals surface area contributed by atoms with E-state index < -0.39 is 18.0 Å². The third-order valence-electron chi connectivity index (χ3n) is 12.4. The second-order valence-corrected chi connectivity index (χ2v) is 16.7. The van der Waals surface area contributed by atoms with Crippen LogP contribution in [0.3, 0.4) is 0 Å². The van der Waals surface area contributed by atoms with Crippen LogP contribution >= 0.6 is 0 Å². The Morgan fingerprint density at radius 3 is 1.36 bits per heavy atom. The van der Waals surface area contributed by atoms with Crippen LogP contribution in [-0.2, 0) is 9.47 Å². The fourth-order valence-corrected chi connectivity index (χ4v) is 8.78. The molecule has 0 amide bonds. The molecular formula is C50H70O6. The molecule has 0 bridgehead atoms. The van der Waals surface area contributed by atoms with E-state index in [9.17, 15) is 9.59 Å². The van der Waals surface area contributed by atoms with Crippen LogP contribution in [0.25, 0.3) is 0 Å². The van der Waals surface area contributed by atoms with Crippen LogP contribution in [0.4, 0.5) is 0 Å². The summed E-state index contributed by atoms with van der Waals surface area (Å²) in [5.41, 5.74) is 1.59. The second-order valence-electron chi connectivity index (χ2n) is 16.7. The molecule has 6 heteroatoms. The third-order valence-corrected chi connectivity index (χ3v) is 12.4. The van der Waals surface area contributed by atoms with Gasteiger partial charge in [0.1, 0.15) is 18.1 Å². The van der Waals surface area contributed by atoms with Gasteiger partial charge in [-0.05, 0) is 103 Å². The molecule has 3 aromatic rings. The summed E-state index contributed by atoms with van der Waals surface area (Å²) in [6.07, 6.45) is 25.8. The molecule has 0 heterocycles. The van der Waals surface area contributed by atoms with Crippen molar-refractivity contribution in [2.45, 2.75) is 148 Å². The minimum atomic E-state index is -0.756. The Morgan fingerprint density at radius 2 is 0.929 bits per heavy atom. The molecule has 306 valence electrons. The molecule has 0 saturated heterocycles. The van der Waals surface area contributed by atoms with Crippen molar-refractivity contribution in [2.24, 2.45) is 23.7 Å². The van der Waals surface area contributed by atoms with Gasteiger partial charge >= 0.3 is 11.9 Å². The normalized spacial score (nSPS) is 20.2. The molecular weight excluding hydrogens is 697 g/mol. The van der Waals surface area contributed by atoms with Crippen molar-refractivity contribution < 1.29 is 28.5 Å². The van der Waals surface area contributed by atoms with Crippen molar-refractivity contribution in [2.75, 3.05) is 19.8 Å². The molecule has 0 unspecified atom stereocenters. The molecule has 3 aromatic carbocycles. The van der Waals surface area contributed by atoms with Crippen molar-refractivity contribution in [3.63, 3.8) is 0 Å². The molecule has 2 saturated carbocycles. The summed E-state index contributed by atoms with van der Waals surface area (Å²) in [5, 5.41) is 0. The van der Waals surface area contributed by atoms with Crippen molar-refractivity contribution in [1.29, 1.82) is 0 Å². The Labute approximate surface area is 338 Å². The number of carbonyl (C=O) groups is 2. The summed E-state index contributed by atoms with van der Waals surface area (Å²) in [6.45, 7) is 5.82. The lowest BCUT2D eigenvalue weighted by Gasteiger charge is -2.28. The Hall–Kier alpha value is -3.80. The van der Waals surface area contributed by atoms with Crippen LogP contribution < -0.4 is 9.47 Å². The Morgan fingerprint density at radius 1 is 0.518 bits per heavy atom. The summed E-state index contributed by atoms with van der Waals surface area (Å²) in [7, 11) is 0. The maximum Gasteiger partial charge on any atom is 0.338 e. The van der Waals surface area contributed by atoms with Gasteiger partial charge in [-0.2, -0.15) is 0 Å². The standard InChI is InChI=1S/C50H70O6/c1-3-5-8-14-39-20-24-41(25-21-39)16-12-36-53-46-32-28-44(29-33-46)49(51)55-38-48(43-18-10-7-11-19-43)56-50(52)45-30-34-47(35-31-45)54-37-13-17-42-26-22-40(23-27-42)15-9-6-4-2/h7,10-11,18-19,28-35,39-42,48H,3-6,8-9,12-17,20-27,36-38H2,1-2H3/t39-,40-,41-,42-,48-/m0/s1. The summed E-state index contributed by atoms with van der Waals surface area (Å²) in [6, 6.07) is 23.6. The van der Waals surface area contributed by atoms with E-state index in [0.29, 0.717) is 24.3 Å². The van der Waals surface area contributed by atoms with Gasteiger partial charge < -0.3 is 18.9 Å². The van der Waals surface area contributed by atoms with Gasteiger partial charge in [0.15, 0.2) is 6.10 Å². The van der Waals surface area contributed by atoms with E-state index in [1.54, 1.807) is 24.3 Å². The van der Waals surface area contributed by atoms with E-state index in [1.807, 2.05) is 54.6 Å². The van der Waals surface area contributed by atoms with Crippen molar-refractivity contribution in [1.82, 2.24) is 0 Å². The zero-order chi connectivity index (χ0) is 39.2. The highest BCUT2D eigenvalue weighted by Gasteiger charge is 2.23. The molecule has 2 aliphatic carbocycles. The monoisotopic (exact) mass is 767 g/mol. The first-order valence-electron chi connectivity index (χ1n) is 22.4. The maximum atomic E-state index is 13.3. The average molecular weight is 767 g/mol. The zero-order valence-electron chi connectivity index (χ0n) is 34.6. The topological polar surface area (TPSA) is 71.1 Å². The summed E-state index contributed by atoms with van der Waals surface area (Å²) in [4.78, 5) is 26.3. The predicted octanol–water partition coefficient (Wildman–Crippen LogP) is 13.5. The van der Waals surface area contributed by atoms with Crippen molar-refractivity contribution in [3.05, 3.63) is 95.6 Å². The Balaban J connectivity index is 0.997. The fraction of sp³-hybridized carbons (Fsp3) is 0.600. The molecule has 1 atom stereocenters. The van der Waals surface area contributed by atoms with E-state index in [0.717, 1.165) is 53.6 Å². The predicted molar refractivity (Wildman–Crippen MR) is 226 cm³/mol. The van der Waals surface area contributed by atoms with E-state index in [2.05, 4.69) is 13.8 Å². The molecule has 6 nitrogen and oxygen atoms in total. The number of esters is 2.